The maximum atomic E-state index is 5.69. The van der Waals surface area contributed by atoms with E-state index in [2.05, 4.69) is 17.1 Å². The minimum Gasteiger partial charge on any atom is -0.381 e. The highest BCUT2D eigenvalue weighted by atomic mass is 32.1. The first-order chi connectivity index (χ1) is 9.28. The van der Waals surface area contributed by atoms with Crippen molar-refractivity contribution < 1.29 is 4.74 Å². The lowest BCUT2D eigenvalue weighted by atomic mass is 9.93. The van der Waals surface area contributed by atoms with E-state index in [1.807, 2.05) is 11.4 Å². The van der Waals surface area contributed by atoms with Gasteiger partial charge in [-0.25, -0.2) is 4.98 Å². The molecule has 3 heterocycles. The van der Waals surface area contributed by atoms with Crippen molar-refractivity contribution >= 4 is 16.5 Å². The summed E-state index contributed by atoms with van der Waals surface area (Å²) in [6.45, 7) is 1.74. The van der Waals surface area contributed by atoms with E-state index >= 15 is 0 Å². The van der Waals surface area contributed by atoms with E-state index in [0.29, 0.717) is 11.0 Å². The van der Waals surface area contributed by atoms with Crippen molar-refractivity contribution in [2.24, 2.45) is 5.92 Å². The number of thiazole rings is 1. The van der Waals surface area contributed by atoms with Gasteiger partial charge in [0.05, 0.1) is 12.3 Å². The molecular weight excluding hydrogens is 258 g/mol. The summed E-state index contributed by atoms with van der Waals surface area (Å²) < 4.78 is 5.53. The van der Waals surface area contributed by atoms with Crippen molar-refractivity contribution in [3.8, 4) is 11.4 Å². The second-order valence-electron chi connectivity index (χ2n) is 5.36. The summed E-state index contributed by atoms with van der Waals surface area (Å²) in [6, 6.07) is 6.22. The molecule has 2 atom stereocenters. The highest BCUT2D eigenvalue weighted by molar-refractivity contribution is 7.13. The molecule has 2 N–H and O–H groups in total. The second-order valence-corrected chi connectivity index (χ2v) is 6.25. The van der Waals surface area contributed by atoms with Gasteiger partial charge in [0.25, 0.3) is 0 Å². The molecule has 0 radical (unpaired) electrons. The van der Waals surface area contributed by atoms with E-state index in [-0.39, 0.29) is 5.41 Å². The lowest BCUT2D eigenvalue weighted by Crippen LogP contribution is -2.22. The van der Waals surface area contributed by atoms with E-state index in [0.717, 1.165) is 31.0 Å². The Morgan fingerprint density at radius 1 is 1.32 bits per heavy atom. The van der Waals surface area contributed by atoms with Gasteiger partial charge in [0.1, 0.15) is 5.69 Å². The zero-order valence-corrected chi connectivity index (χ0v) is 11.3. The quantitative estimate of drug-likeness (QED) is 0.913. The number of nitrogen functional groups attached to an aromatic ring is 1. The first-order valence-corrected chi connectivity index (χ1v) is 7.42. The number of anilines is 1. The maximum absolute atomic E-state index is 5.69. The molecule has 2 fully saturated rings. The zero-order chi connectivity index (χ0) is 12.9. The number of hydrogen-bond acceptors (Lipinski definition) is 5. The van der Waals surface area contributed by atoms with Crippen molar-refractivity contribution in [3.63, 3.8) is 0 Å². The van der Waals surface area contributed by atoms with E-state index < -0.39 is 0 Å². The average molecular weight is 273 g/mol. The molecular formula is C14H15N3OS. The number of rotatable bonds is 2. The van der Waals surface area contributed by atoms with Crippen LogP contribution in [0.3, 0.4) is 0 Å². The summed E-state index contributed by atoms with van der Waals surface area (Å²) in [5, 5.41) is 2.56. The van der Waals surface area contributed by atoms with Crippen LogP contribution in [0, 0.1) is 5.92 Å². The van der Waals surface area contributed by atoms with Gasteiger partial charge in [-0.15, -0.1) is 11.3 Å². The molecule has 0 amide bonds. The molecule has 1 aliphatic carbocycles. The number of pyridine rings is 1. The molecule has 4 nitrogen and oxygen atoms in total. The Bertz CT molecular complexity index is 627. The molecule has 5 heteroatoms. The molecule has 98 valence electrons. The van der Waals surface area contributed by atoms with Crippen LogP contribution in [0.5, 0.6) is 0 Å². The topological polar surface area (TPSA) is 61.0 Å². The van der Waals surface area contributed by atoms with E-state index in [1.165, 1.54) is 23.5 Å². The summed E-state index contributed by atoms with van der Waals surface area (Å²) in [5.41, 5.74) is 8.97. The average Bonchev–Trinajstić information content (AvgIpc) is 3.06. The predicted octanol–water partition coefficient (Wildman–Crippen LogP) is 2.47. The van der Waals surface area contributed by atoms with Gasteiger partial charge in [-0.3, -0.25) is 4.98 Å². The standard InChI is InChI=1S/C14H15N3OS/c15-13-17-11(8-19-13)10-2-1-3-12(16-10)14-4-5-18-7-9(14)6-14/h1-3,8-9H,4-7H2,(H2,15,17). The Morgan fingerprint density at radius 3 is 3.05 bits per heavy atom. The summed E-state index contributed by atoms with van der Waals surface area (Å²) in [7, 11) is 0. The molecule has 0 spiro atoms. The highest BCUT2D eigenvalue weighted by Gasteiger charge is 2.57. The van der Waals surface area contributed by atoms with E-state index in [1.54, 1.807) is 0 Å². The van der Waals surface area contributed by atoms with Crippen LogP contribution in [0.4, 0.5) is 5.13 Å². The molecule has 1 aliphatic heterocycles. The molecule has 1 saturated carbocycles. The Kier molecular flexibility index (Phi) is 2.40. The minimum atomic E-state index is 0.274. The molecule has 2 unspecified atom stereocenters. The number of fused-ring (bicyclic) bond motifs is 1. The third kappa shape index (κ3) is 1.76. The number of hydrogen-bond donors (Lipinski definition) is 1. The highest BCUT2D eigenvalue weighted by Crippen LogP contribution is 2.58. The monoisotopic (exact) mass is 273 g/mol. The van der Waals surface area contributed by atoms with Crippen molar-refractivity contribution in [1.82, 2.24) is 9.97 Å². The molecule has 1 saturated heterocycles. The number of nitrogens with two attached hydrogens (primary N) is 1. The fraction of sp³-hybridized carbons (Fsp3) is 0.429. The summed E-state index contributed by atoms with van der Waals surface area (Å²) in [6.07, 6.45) is 2.30. The molecule has 19 heavy (non-hydrogen) atoms. The summed E-state index contributed by atoms with van der Waals surface area (Å²) >= 11 is 1.46. The number of aromatic nitrogens is 2. The van der Waals surface area contributed by atoms with Gasteiger partial charge < -0.3 is 10.5 Å². The Labute approximate surface area is 115 Å². The lowest BCUT2D eigenvalue weighted by Gasteiger charge is -2.22. The van der Waals surface area contributed by atoms with Crippen LogP contribution in [0.15, 0.2) is 23.6 Å². The SMILES string of the molecule is Nc1nc(-c2cccc(C34CCOCC3C4)n2)cs1. The van der Waals surface area contributed by atoms with Crippen LogP contribution in [0.25, 0.3) is 11.4 Å². The van der Waals surface area contributed by atoms with Gasteiger partial charge in [0, 0.05) is 23.1 Å². The smallest absolute Gasteiger partial charge is 0.180 e. The third-order valence-electron chi connectivity index (χ3n) is 4.29. The molecule has 0 bridgehead atoms. The zero-order valence-electron chi connectivity index (χ0n) is 10.5. The van der Waals surface area contributed by atoms with Crippen LogP contribution < -0.4 is 5.73 Å². The normalized spacial score (nSPS) is 28.9. The van der Waals surface area contributed by atoms with E-state index in [9.17, 15) is 0 Å². The largest absolute Gasteiger partial charge is 0.381 e. The van der Waals surface area contributed by atoms with Gasteiger partial charge >= 0.3 is 0 Å². The second kappa shape index (κ2) is 4.02. The van der Waals surface area contributed by atoms with Gasteiger partial charge in [-0.05, 0) is 30.9 Å². The maximum Gasteiger partial charge on any atom is 0.180 e. The number of nitrogens with zero attached hydrogens (tertiary/aromatic N) is 2. The van der Waals surface area contributed by atoms with Crippen LogP contribution in [-0.4, -0.2) is 23.2 Å². The van der Waals surface area contributed by atoms with Crippen LogP contribution in [-0.2, 0) is 10.2 Å². The van der Waals surface area contributed by atoms with Crippen LogP contribution in [0.2, 0.25) is 0 Å². The molecule has 2 aromatic heterocycles. The first-order valence-electron chi connectivity index (χ1n) is 6.55. The Morgan fingerprint density at radius 2 is 2.26 bits per heavy atom. The summed E-state index contributed by atoms with van der Waals surface area (Å²) in [5.74, 6) is 0.657. The Balaban J connectivity index is 1.71. The summed E-state index contributed by atoms with van der Waals surface area (Å²) in [4.78, 5) is 9.14. The van der Waals surface area contributed by atoms with Crippen molar-refractivity contribution in [3.05, 3.63) is 29.3 Å². The first kappa shape index (κ1) is 11.4. The van der Waals surface area contributed by atoms with Gasteiger partial charge in [0.15, 0.2) is 5.13 Å². The van der Waals surface area contributed by atoms with Gasteiger partial charge in [-0.1, -0.05) is 6.07 Å². The van der Waals surface area contributed by atoms with Gasteiger partial charge in [-0.2, -0.15) is 0 Å². The Hall–Kier alpha value is -1.46. The van der Waals surface area contributed by atoms with Crippen molar-refractivity contribution in [1.29, 1.82) is 0 Å². The molecule has 0 aromatic carbocycles. The molecule has 2 aromatic rings. The molecule has 2 aliphatic rings. The fourth-order valence-corrected chi connectivity index (χ4v) is 3.64. The third-order valence-corrected chi connectivity index (χ3v) is 4.96. The minimum absolute atomic E-state index is 0.274. The molecule has 4 rings (SSSR count). The van der Waals surface area contributed by atoms with E-state index in [4.69, 9.17) is 15.5 Å². The predicted molar refractivity (Wildman–Crippen MR) is 75.0 cm³/mol. The van der Waals surface area contributed by atoms with Crippen LogP contribution >= 0.6 is 11.3 Å². The van der Waals surface area contributed by atoms with Crippen LogP contribution in [0.1, 0.15) is 18.5 Å². The van der Waals surface area contributed by atoms with Crippen molar-refractivity contribution in [2.75, 3.05) is 18.9 Å². The van der Waals surface area contributed by atoms with Gasteiger partial charge in [0.2, 0.25) is 0 Å². The fourth-order valence-electron chi connectivity index (χ4n) is 3.09. The lowest BCUT2D eigenvalue weighted by molar-refractivity contribution is 0.0794. The number of ether oxygens (including phenoxy) is 1. The van der Waals surface area contributed by atoms with Crippen molar-refractivity contribution in [2.45, 2.75) is 18.3 Å².